The van der Waals surface area contributed by atoms with Crippen LogP contribution in [-0.4, -0.2) is 34.6 Å². The van der Waals surface area contributed by atoms with Crippen molar-refractivity contribution >= 4 is 34.2 Å². The first-order valence-corrected chi connectivity index (χ1v) is 10.7. The van der Waals surface area contributed by atoms with Crippen LogP contribution in [0.4, 0.5) is 11.4 Å². The normalized spacial score (nSPS) is 12.4. The summed E-state index contributed by atoms with van der Waals surface area (Å²) in [5.41, 5.74) is 3.27. The zero-order chi connectivity index (χ0) is 22.6. The summed E-state index contributed by atoms with van der Waals surface area (Å²) in [6.07, 6.45) is 1.98. The molecule has 1 aromatic heterocycles. The molecule has 0 saturated heterocycles. The summed E-state index contributed by atoms with van der Waals surface area (Å²) in [5, 5.41) is 5.72. The van der Waals surface area contributed by atoms with Gasteiger partial charge in [-0.3, -0.25) is 9.59 Å². The maximum absolute atomic E-state index is 12.9. The molecule has 0 atom stereocenters. The first-order valence-electron chi connectivity index (χ1n) is 10.7. The van der Waals surface area contributed by atoms with Gasteiger partial charge in [0.1, 0.15) is 13.2 Å². The van der Waals surface area contributed by atoms with E-state index in [1.54, 1.807) is 48.8 Å². The topological polar surface area (TPSA) is 94.5 Å². The summed E-state index contributed by atoms with van der Waals surface area (Å²) in [7, 11) is 0. The Morgan fingerprint density at radius 3 is 2.61 bits per heavy atom. The summed E-state index contributed by atoms with van der Waals surface area (Å²) in [5.74, 6) is 0.723. The third kappa shape index (κ3) is 4.50. The number of hydrogen-bond donors (Lipinski definition) is 2. The number of rotatable bonds is 6. The molecule has 0 aliphatic carbocycles. The minimum Gasteiger partial charge on any atom is -0.486 e. The summed E-state index contributed by atoms with van der Waals surface area (Å²) in [4.78, 5) is 29.9. The van der Waals surface area contributed by atoms with Crippen LogP contribution >= 0.6 is 0 Å². The number of imidazole rings is 1. The highest BCUT2D eigenvalue weighted by atomic mass is 16.6. The van der Waals surface area contributed by atoms with Gasteiger partial charge in [0.15, 0.2) is 11.5 Å². The molecule has 5 rings (SSSR count). The lowest BCUT2D eigenvalue weighted by Crippen LogP contribution is -2.19. The fourth-order valence-electron chi connectivity index (χ4n) is 3.73. The maximum Gasteiger partial charge on any atom is 0.257 e. The van der Waals surface area contributed by atoms with Gasteiger partial charge in [-0.25, -0.2) is 4.98 Å². The first-order chi connectivity index (χ1) is 16.2. The summed E-state index contributed by atoms with van der Waals surface area (Å²) < 4.78 is 13.0. The Bertz CT molecular complexity index is 1330. The fraction of sp³-hybridized carbons (Fsp3) is 0.160. The van der Waals surface area contributed by atoms with Crippen molar-refractivity contribution < 1.29 is 19.1 Å². The van der Waals surface area contributed by atoms with Crippen LogP contribution in [0.15, 0.2) is 73.1 Å². The second kappa shape index (κ2) is 9.04. The number of anilines is 2. The van der Waals surface area contributed by atoms with Crippen molar-refractivity contribution in [2.45, 2.75) is 13.0 Å². The summed E-state index contributed by atoms with van der Waals surface area (Å²) in [6.45, 7) is 1.45. The van der Waals surface area contributed by atoms with E-state index >= 15 is 0 Å². The van der Waals surface area contributed by atoms with Crippen molar-refractivity contribution in [3.8, 4) is 11.5 Å². The fourth-order valence-corrected chi connectivity index (χ4v) is 3.73. The van der Waals surface area contributed by atoms with Crippen molar-refractivity contribution in [1.29, 1.82) is 0 Å². The molecular formula is C25H22N4O4. The largest absolute Gasteiger partial charge is 0.486 e. The molecule has 1 aliphatic heterocycles. The Labute approximate surface area is 190 Å². The molecule has 0 fully saturated rings. The molecule has 8 nitrogen and oxygen atoms in total. The number of ether oxygens (including phenoxy) is 2. The lowest BCUT2D eigenvalue weighted by atomic mass is 10.1. The molecule has 2 N–H and O–H groups in total. The molecule has 0 saturated carbocycles. The molecular weight excluding hydrogens is 420 g/mol. The van der Waals surface area contributed by atoms with E-state index in [1.807, 2.05) is 28.8 Å². The maximum atomic E-state index is 12.9. The minimum atomic E-state index is -0.330. The lowest BCUT2D eigenvalue weighted by Gasteiger charge is -2.19. The van der Waals surface area contributed by atoms with Gasteiger partial charge in [-0.05, 0) is 36.4 Å². The van der Waals surface area contributed by atoms with Crippen LogP contribution in [0, 0.1) is 0 Å². The number of para-hydroxylation sites is 3. The predicted molar refractivity (Wildman–Crippen MR) is 125 cm³/mol. The van der Waals surface area contributed by atoms with Crippen LogP contribution in [0.25, 0.3) is 11.0 Å². The van der Waals surface area contributed by atoms with Gasteiger partial charge in [0, 0.05) is 24.7 Å². The van der Waals surface area contributed by atoms with Gasteiger partial charge in [-0.1, -0.05) is 24.3 Å². The molecule has 4 aromatic rings. The Morgan fingerprint density at radius 1 is 0.909 bits per heavy atom. The van der Waals surface area contributed by atoms with E-state index in [1.165, 1.54) is 0 Å². The number of fused-ring (bicyclic) bond motifs is 2. The van der Waals surface area contributed by atoms with Crippen molar-refractivity contribution in [2.75, 3.05) is 23.8 Å². The molecule has 2 heterocycles. The quantitative estimate of drug-likeness (QED) is 0.469. The van der Waals surface area contributed by atoms with Crippen molar-refractivity contribution in [1.82, 2.24) is 9.55 Å². The average Bonchev–Trinajstić information content (AvgIpc) is 3.26. The van der Waals surface area contributed by atoms with E-state index in [0.29, 0.717) is 48.2 Å². The standard InChI is InChI=1S/C25H22N4O4/c30-24(11-12-29-16-26-20-7-3-4-8-21(20)29)28-19-6-2-1-5-18(19)25(31)27-17-9-10-22-23(15-17)33-14-13-32-22/h1-10,15-16H,11-14H2,(H,27,31)(H,28,30). The lowest BCUT2D eigenvalue weighted by molar-refractivity contribution is -0.116. The Hall–Kier alpha value is -4.33. The smallest absolute Gasteiger partial charge is 0.257 e. The molecule has 0 radical (unpaired) electrons. The van der Waals surface area contributed by atoms with Gasteiger partial charge in [0.25, 0.3) is 5.91 Å². The zero-order valence-electron chi connectivity index (χ0n) is 17.8. The van der Waals surface area contributed by atoms with Crippen LogP contribution < -0.4 is 20.1 Å². The van der Waals surface area contributed by atoms with E-state index in [-0.39, 0.29) is 18.2 Å². The predicted octanol–water partition coefficient (Wildman–Crippen LogP) is 4.09. The molecule has 1 aliphatic rings. The molecule has 0 bridgehead atoms. The monoisotopic (exact) mass is 442 g/mol. The number of carbonyl (C=O) groups excluding carboxylic acids is 2. The third-order valence-electron chi connectivity index (χ3n) is 5.35. The van der Waals surface area contributed by atoms with Crippen LogP contribution in [-0.2, 0) is 11.3 Å². The number of nitrogens with zero attached hydrogens (tertiary/aromatic N) is 2. The number of aryl methyl sites for hydroxylation is 1. The number of aromatic nitrogens is 2. The Balaban J connectivity index is 1.25. The number of carbonyl (C=O) groups is 2. The van der Waals surface area contributed by atoms with Gasteiger partial charge in [-0.15, -0.1) is 0 Å². The molecule has 0 spiro atoms. The second-order valence-corrected chi connectivity index (χ2v) is 7.58. The highest BCUT2D eigenvalue weighted by molar-refractivity contribution is 6.10. The van der Waals surface area contributed by atoms with Crippen LogP contribution in [0.2, 0.25) is 0 Å². The Kier molecular flexibility index (Phi) is 5.63. The average molecular weight is 442 g/mol. The SMILES string of the molecule is O=C(CCn1cnc2ccccc21)Nc1ccccc1C(=O)Nc1ccc2c(c1)OCCO2. The number of benzene rings is 3. The van der Waals surface area contributed by atoms with Gasteiger partial charge in [-0.2, -0.15) is 0 Å². The van der Waals surface area contributed by atoms with Crippen LogP contribution in [0.1, 0.15) is 16.8 Å². The van der Waals surface area contributed by atoms with Gasteiger partial charge in [0.2, 0.25) is 5.91 Å². The molecule has 0 unspecified atom stereocenters. The first kappa shape index (κ1) is 20.6. The number of nitrogens with one attached hydrogen (secondary N) is 2. The summed E-state index contributed by atoms with van der Waals surface area (Å²) >= 11 is 0. The van der Waals surface area contributed by atoms with E-state index in [4.69, 9.17) is 9.47 Å². The zero-order valence-corrected chi connectivity index (χ0v) is 17.8. The van der Waals surface area contributed by atoms with E-state index in [2.05, 4.69) is 15.6 Å². The van der Waals surface area contributed by atoms with Crippen LogP contribution in [0.5, 0.6) is 11.5 Å². The number of amides is 2. The van der Waals surface area contributed by atoms with Gasteiger partial charge in [0.05, 0.1) is 28.6 Å². The molecule has 3 aromatic carbocycles. The molecule has 2 amide bonds. The van der Waals surface area contributed by atoms with Crippen molar-refractivity contribution in [2.24, 2.45) is 0 Å². The summed E-state index contributed by atoms with van der Waals surface area (Å²) in [6, 6.07) is 19.9. The minimum absolute atomic E-state index is 0.188. The highest BCUT2D eigenvalue weighted by Gasteiger charge is 2.16. The van der Waals surface area contributed by atoms with E-state index in [0.717, 1.165) is 11.0 Å². The van der Waals surface area contributed by atoms with E-state index in [9.17, 15) is 9.59 Å². The highest BCUT2D eigenvalue weighted by Crippen LogP contribution is 2.33. The van der Waals surface area contributed by atoms with Gasteiger partial charge < -0.3 is 24.7 Å². The van der Waals surface area contributed by atoms with Crippen LogP contribution in [0.3, 0.4) is 0 Å². The number of hydrogen-bond acceptors (Lipinski definition) is 5. The molecule has 33 heavy (non-hydrogen) atoms. The van der Waals surface area contributed by atoms with Gasteiger partial charge >= 0.3 is 0 Å². The third-order valence-corrected chi connectivity index (χ3v) is 5.35. The second-order valence-electron chi connectivity index (χ2n) is 7.58. The molecule has 8 heteroatoms. The van der Waals surface area contributed by atoms with Crippen molar-refractivity contribution in [3.05, 3.63) is 78.6 Å². The molecule has 166 valence electrons. The van der Waals surface area contributed by atoms with E-state index < -0.39 is 0 Å². The van der Waals surface area contributed by atoms with Crippen molar-refractivity contribution in [3.63, 3.8) is 0 Å². The Morgan fingerprint density at radius 2 is 1.70 bits per heavy atom.